The third kappa shape index (κ3) is 1.77. The summed E-state index contributed by atoms with van der Waals surface area (Å²) >= 11 is 0. The third-order valence-electron chi connectivity index (χ3n) is 1.42. The van der Waals surface area contributed by atoms with Crippen LogP contribution in [0.2, 0.25) is 0 Å². The molecule has 1 aromatic rings. The monoisotopic (exact) mass is 145 g/mol. The van der Waals surface area contributed by atoms with E-state index in [1.807, 2.05) is 37.3 Å². The average molecular weight is 145 g/mol. The van der Waals surface area contributed by atoms with Crippen LogP contribution in [0, 0.1) is 0 Å². The van der Waals surface area contributed by atoms with Crippen LogP contribution in [0.5, 0.6) is 0 Å². The van der Waals surface area contributed by atoms with Gasteiger partial charge in [-0.05, 0) is 18.6 Å². The van der Waals surface area contributed by atoms with Gasteiger partial charge >= 0.3 is 0 Å². The molecule has 0 aromatic heterocycles. The molecule has 0 atom stereocenters. The lowest BCUT2D eigenvalue weighted by Crippen LogP contribution is -1.72. The van der Waals surface area contributed by atoms with Gasteiger partial charge in [-0.3, -0.25) is 4.99 Å². The SMILES string of the molecule is C=Cc1ccccc1N=CC. The summed E-state index contributed by atoms with van der Waals surface area (Å²) in [6.07, 6.45) is 3.59. The molecule has 0 unspecified atom stereocenters. The van der Waals surface area contributed by atoms with Crippen molar-refractivity contribution < 1.29 is 0 Å². The van der Waals surface area contributed by atoms with E-state index in [2.05, 4.69) is 11.6 Å². The molecule has 1 heteroatoms. The number of aliphatic imine (C=N–C) groups is 1. The highest BCUT2D eigenvalue weighted by Gasteiger charge is 1.91. The van der Waals surface area contributed by atoms with Crippen molar-refractivity contribution in [1.82, 2.24) is 0 Å². The van der Waals surface area contributed by atoms with Crippen molar-refractivity contribution in [1.29, 1.82) is 0 Å². The number of benzene rings is 1. The summed E-state index contributed by atoms with van der Waals surface area (Å²) in [6.45, 7) is 5.60. The molecule has 56 valence electrons. The highest BCUT2D eigenvalue weighted by Crippen LogP contribution is 2.18. The van der Waals surface area contributed by atoms with E-state index in [-0.39, 0.29) is 0 Å². The van der Waals surface area contributed by atoms with Crippen molar-refractivity contribution in [2.75, 3.05) is 0 Å². The van der Waals surface area contributed by atoms with Crippen LogP contribution in [0.1, 0.15) is 12.5 Å². The third-order valence-corrected chi connectivity index (χ3v) is 1.42. The smallest absolute Gasteiger partial charge is 0.0697 e. The number of para-hydroxylation sites is 1. The Morgan fingerprint density at radius 2 is 2.09 bits per heavy atom. The summed E-state index contributed by atoms with van der Waals surface area (Å²) in [5, 5.41) is 0. The molecule has 1 aromatic carbocycles. The van der Waals surface area contributed by atoms with Crippen LogP contribution in [0.4, 0.5) is 5.69 Å². The molecular weight excluding hydrogens is 134 g/mol. The van der Waals surface area contributed by atoms with Gasteiger partial charge in [-0.2, -0.15) is 0 Å². The van der Waals surface area contributed by atoms with Crippen LogP contribution in [0.25, 0.3) is 6.08 Å². The number of hydrogen-bond donors (Lipinski definition) is 0. The highest BCUT2D eigenvalue weighted by molar-refractivity contribution is 5.68. The van der Waals surface area contributed by atoms with Crippen LogP contribution in [-0.4, -0.2) is 6.21 Å². The molecule has 0 N–H and O–H groups in total. The zero-order valence-corrected chi connectivity index (χ0v) is 6.62. The molecule has 0 radical (unpaired) electrons. The van der Waals surface area contributed by atoms with Crippen molar-refractivity contribution in [3.63, 3.8) is 0 Å². The molecule has 0 saturated heterocycles. The lowest BCUT2D eigenvalue weighted by Gasteiger charge is -1.96. The van der Waals surface area contributed by atoms with E-state index in [0.29, 0.717) is 0 Å². The average Bonchev–Trinajstić information content (AvgIpc) is 2.06. The summed E-state index contributed by atoms with van der Waals surface area (Å²) in [6, 6.07) is 7.91. The molecule has 0 amide bonds. The standard InChI is InChI=1S/C10H11N/c1-3-9-7-5-6-8-10(9)11-4-2/h3-8H,1H2,2H3. The van der Waals surface area contributed by atoms with Gasteiger partial charge in [-0.25, -0.2) is 0 Å². The first kappa shape index (κ1) is 7.73. The summed E-state index contributed by atoms with van der Waals surface area (Å²) in [5.74, 6) is 0. The molecular formula is C10H11N. The maximum absolute atomic E-state index is 4.18. The van der Waals surface area contributed by atoms with Crippen molar-refractivity contribution in [2.45, 2.75) is 6.92 Å². The van der Waals surface area contributed by atoms with Gasteiger partial charge in [-0.15, -0.1) is 0 Å². The predicted octanol–water partition coefficient (Wildman–Crippen LogP) is 3.05. The Bertz CT molecular complexity index is 274. The predicted molar refractivity (Wildman–Crippen MR) is 50.4 cm³/mol. The Hall–Kier alpha value is -1.37. The molecule has 0 saturated carbocycles. The second kappa shape index (κ2) is 3.71. The van der Waals surface area contributed by atoms with Gasteiger partial charge in [-0.1, -0.05) is 30.9 Å². The minimum Gasteiger partial charge on any atom is -0.261 e. The maximum atomic E-state index is 4.18. The topological polar surface area (TPSA) is 12.4 Å². The maximum Gasteiger partial charge on any atom is 0.0697 e. The van der Waals surface area contributed by atoms with E-state index in [9.17, 15) is 0 Å². The fourth-order valence-corrected chi connectivity index (χ4v) is 0.917. The Morgan fingerprint density at radius 1 is 1.36 bits per heavy atom. The minimum atomic E-state index is 0.977. The van der Waals surface area contributed by atoms with Gasteiger partial charge in [0.15, 0.2) is 0 Å². The van der Waals surface area contributed by atoms with E-state index in [1.54, 1.807) is 6.21 Å². The van der Waals surface area contributed by atoms with Gasteiger partial charge in [0.05, 0.1) is 5.69 Å². The van der Waals surface area contributed by atoms with Gasteiger partial charge in [0.2, 0.25) is 0 Å². The number of hydrogen-bond acceptors (Lipinski definition) is 1. The Kier molecular flexibility index (Phi) is 2.61. The lowest BCUT2D eigenvalue weighted by molar-refractivity contribution is 1.50. The van der Waals surface area contributed by atoms with Gasteiger partial charge in [0.1, 0.15) is 0 Å². The van der Waals surface area contributed by atoms with Crippen LogP contribution in [0.15, 0.2) is 35.8 Å². The van der Waals surface area contributed by atoms with E-state index >= 15 is 0 Å². The normalized spacial score (nSPS) is 10.3. The molecule has 0 aliphatic heterocycles. The second-order valence-corrected chi connectivity index (χ2v) is 2.15. The Morgan fingerprint density at radius 3 is 2.73 bits per heavy atom. The van der Waals surface area contributed by atoms with Crippen LogP contribution < -0.4 is 0 Å². The highest BCUT2D eigenvalue weighted by atomic mass is 14.7. The summed E-state index contributed by atoms with van der Waals surface area (Å²) in [5.41, 5.74) is 2.05. The van der Waals surface area contributed by atoms with Gasteiger partial charge < -0.3 is 0 Å². The minimum absolute atomic E-state index is 0.977. The molecule has 0 spiro atoms. The van der Waals surface area contributed by atoms with Crippen molar-refractivity contribution in [3.8, 4) is 0 Å². The summed E-state index contributed by atoms with van der Waals surface area (Å²) in [4.78, 5) is 4.18. The lowest BCUT2D eigenvalue weighted by atomic mass is 10.2. The van der Waals surface area contributed by atoms with Crippen LogP contribution >= 0.6 is 0 Å². The van der Waals surface area contributed by atoms with Crippen molar-refractivity contribution in [2.24, 2.45) is 4.99 Å². The quantitative estimate of drug-likeness (QED) is 0.567. The zero-order valence-electron chi connectivity index (χ0n) is 6.62. The molecule has 0 bridgehead atoms. The second-order valence-electron chi connectivity index (χ2n) is 2.15. The first-order chi connectivity index (χ1) is 5.38. The first-order valence-corrected chi connectivity index (χ1v) is 3.58. The van der Waals surface area contributed by atoms with E-state index in [0.717, 1.165) is 11.3 Å². The molecule has 0 heterocycles. The largest absolute Gasteiger partial charge is 0.261 e. The Balaban J connectivity index is 3.11. The number of nitrogens with zero attached hydrogens (tertiary/aromatic N) is 1. The van der Waals surface area contributed by atoms with Gasteiger partial charge in [0.25, 0.3) is 0 Å². The van der Waals surface area contributed by atoms with Gasteiger partial charge in [0, 0.05) is 6.21 Å². The first-order valence-electron chi connectivity index (χ1n) is 3.58. The molecule has 1 rings (SSSR count). The van der Waals surface area contributed by atoms with E-state index in [4.69, 9.17) is 0 Å². The van der Waals surface area contributed by atoms with E-state index < -0.39 is 0 Å². The molecule has 11 heavy (non-hydrogen) atoms. The molecule has 1 nitrogen and oxygen atoms in total. The van der Waals surface area contributed by atoms with Crippen molar-refractivity contribution in [3.05, 3.63) is 36.4 Å². The molecule has 0 aliphatic rings. The fraction of sp³-hybridized carbons (Fsp3) is 0.100. The zero-order chi connectivity index (χ0) is 8.10. The van der Waals surface area contributed by atoms with Crippen LogP contribution in [0.3, 0.4) is 0 Å². The fourth-order valence-electron chi connectivity index (χ4n) is 0.917. The Labute approximate surface area is 67.1 Å². The number of rotatable bonds is 2. The molecule has 0 fully saturated rings. The van der Waals surface area contributed by atoms with E-state index in [1.165, 1.54) is 0 Å². The summed E-state index contributed by atoms with van der Waals surface area (Å²) in [7, 11) is 0. The van der Waals surface area contributed by atoms with Crippen LogP contribution in [-0.2, 0) is 0 Å². The molecule has 0 aliphatic carbocycles. The summed E-state index contributed by atoms with van der Waals surface area (Å²) < 4.78 is 0. The van der Waals surface area contributed by atoms with Crippen molar-refractivity contribution >= 4 is 18.0 Å².